The maximum Gasteiger partial charge on any atom is 0.400 e. The first kappa shape index (κ1) is 73.1. The monoisotopic (exact) mass is 1400 g/mol. The van der Waals surface area contributed by atoms with Gasteiger partial charge in [-0.25, -0.2) is 8.37 Å². The Morgan fingerprint density at radius 2 is 0.680 bits per heavy atom. The van der Waals surface area contributed by atoms with Crippen LogP contribution in [0.15, 0.2) is 182 Å². The van der Waals surface area contributed by atoms with E-state index in [0.29, 0.717) is 11.5 Å². The molecule has 4 saturated heterocycles. The number of methoxy groups -OCH3 is 4. The van der Waals surface area contributed by atoms with Crippen molar-refractivity contribution in [3.05, 3.63) is 215 Å². The lowest BCUT2D eigenvalue weighted by Crippen LogP contribution is -2.56. The van der Waals surface area contributed by atoms with Crippen molar-refractivity contribution in [2.75, 3.05) is 77.9 Å². The quantitative estimate of drug-likeness (QED) is 0.0168. The second-order valence-electron chi connectivity index (χ2n) is 23.5. The van der Waals surface area contributed by atoms with E-state index in [9.17, 15) is 19.2 Å². The molecule has 0 saturated carbocycles. The van der Waals surface area contributed by atoms with E-state index in [2.05, 4.69) is 0 Å². The van der Waals surface area contributed by atoms with Crippen molar-refractivity contribution >= 4 is 56.1 Å². The highest BCUT2D eigenvalue weighted by Gasteiger charge is 2.59. The van der Waals surface area contributed by atoms with Gasteiger partial charge in [-0.15, -0.1) is 0 Å². The topological polar surface area (TPSA) is 250 Å². The Morgan fingerprint density at radius 1 is 0.402 bits per heavy atom. The van der Waals surface area contributed by atoms with Gasteiger partial charge in [0.25, 0.3) is 0 Å². The van der Waals surface area contributed by atoms with Crippen LogP contribution in [0.4, 0.5) is 0 Å². The molecular formula is C72H84O22S3+2. The van der Waals surface area contributed by atoms with Gasteiger partial charge in [0.2, 0.25) is 11.8 Å². The molecule has 6 aromatic rings. The van der Waals surface area contributed by atoms with Gasteiger partial charge in [0.1, 0.15) is 71.8 Å². The molecular weight excluding hydrogens is 1310 g/mol. The summed E-state index contributed by atoms with van der Waals surface area (Å²) in [6.07, 6.45) is -11.0. The van der Waals surface area contributed by atoms with Crippen molar-refractivity contribution in [2.24, 2.45) is 11.8 Å². The minimum absolute atomic E-state index is 0.0465. The van der Waals surface area contributed by atoms with Crippen LogP contribution in [0.2, 0.25) is 0 Å². The van der Waals surface area contributed by atoms with E-state index in [1.807, 2.05) is 182 Å². The molecule has 97 heavy (non-hydrogen) atoms. The van der Waals surface area contributed by atoms with Gasteiger partial charge in [-0.3, -0.25) is 19.2 Å². The summed E-state index contributed by atoms with van der Waals surface area (Å²) in [6, 6.07) is 58.2. The molecule has 25 heteroatoms. The van der Waals surface area contributed by atoms with Gasteiger partial charge in [0, 0.05) is 21.8 Å². The third-order valence-electron chi connectivity index (χ3n) is 17.0. The zero-order valence-electron chi connectivity index (χ0n) is 54.5. The fourth-order valence-electron chi connectivity index (χ4n) is 11.9. The van der Waals surface area contributed by atoms with Gasteiger partial charge < -0.3 is 66.3 Å². The van der Waals surface area contributed by atoms with E-state index in [0.717, 1.165) is 61.8 Å². The first-order chi connectivity index (χ1) is 47.3. The predicted molar refractivity (Wildman–Crippen MR) is 357 cm³/mol. The summed E-state index contributed by atoms with van der Waals surface area (Å²) in [7, 11) is -2.48. The Hall–Kier alpha value is -6.63. The Morgan fingerprint density at radius 3 is 0.969 bits per heavy atom. The minimum atomic E-state index is -5.22. The second-order valence-corrected chi connectivity index (χ2v) is 29.4. The fraction of sp³-hybridized carbons (Fsp3) is 0.444. The van der Waals surface area contributed by atoms with Crippen LogP contribution in [0.25, 0.3) is 0 Å². The average Bonchev–Trinajstić information content (AvgIpc) is 1.77. The highest BCUT2D eigenvalue weighted by molar-refractivity contribution is 7.98. The van der Waals surface area contributed by atoms with Crippen molar-refractivity contribution in [3.8, 4) is 0 Å². The molecule has 4 fully saturated rings. The van der Waals surface area contributed by atoms with Crippen LogP contribution in [0, 0.1) is 11.8 Å². The lowest BCUT2D eigenvalue weighted by Gasteiger charge is -2.38. The molecule has 0 aromatic heterocycles. The van der Waals surface area contributed by atoms with E-state index < -0.39 is 153 Å². The molecule has 0 bridgehead atoms. The molecule has 22 nitrogen and oxygen atoms in total. The van der Waals surface area contributed by atoms with Gasteiger partial charge >= 0.3 is 34.3 Å². The van der Waals surface area contributed by atoms with E-state index in [1.165, 1.54) is 0 Å². The summed E-state index contributed by atoms with van der Waals surface area (Å²) in [5, 5.41) is -0.799. The molecule has 0 amide bonds. The fourth-order valence-corrected chi connectivity index (χ4v) is 18.9. The van der Waals surface area contributed by atoms with Crippen molar-refractivity contribution in [2.45, 2.75) is 112 Å². The summed E-state index contributed by atoms with van der Waals surface area (Å²) in [4.78, 5) is 53.8. The molecule has 520 valence electrons. The smallest absolute Gasteiger partial charge is 0.400 e. The number of carbonyl (C=O) groups excluding carboxylic acids is 4. The van der Waals surface area contributed by atoms with Crippen LogP contribution in [0.5, 0.6) is 0 Å². The molecule has 0 spiro atoms. The van der Waals surface area contributed by atoms with Gasteiger partial charge in [-0.2, -0.15) is 8.42 Å². The molecule has 4 aliphatic rings. The van der Waals surface area contributed by atoms with E-state index in [1.54, 1.807) is 0 Å². The number of esters is 4. The highest BCUT2D eigenvalue weighted by Crippen LogP contribution is 2.38. The molecule has 0 aliphatic carbocycles. The number of hydrogen-bond acceptors (Lipinski definition) is 22. The molecule has 10 rings (SSSR count). The molecule has 4 aliphatic heterocycles. The first-order valence-corrected chi connectivity index (χ1v) is 36.5. The molecule has 6 aromatic carbocycles. The first-order valence-electron chi connectivity index (χ1n) is 31.9. The Kier molecular flexibility index (Phi) is 27.9. The second kappa shape index (κ2) is 37.0. The standard InChI is InChI=1S/C72H84O22S3/c1-79-67(73)63(68(74)80-2)71-89-41-55(57(91-71)45-95-47-59(85-37-51-27-15-7-16-28-51)65(87-39-53-31-19-9-20-32-53)61(95)43-83-35-49-23-11-5-12-24-49)93-97(77,78)94-56-42-90-72(64(69(75)81-3)70(76)82-4)92-58(56)46-96-48-60(86-38-52-29-17-8-18-30-52)66(88-40-54-33-21-10-22-34-54)62(96)44-84-36-50-25-13-6-14-26-50/h5-34,55-66,71-72H,35-48H2,1-4H3/q+2/t55-,56-,57+,58+,59+,60+,61+,62+,65-,66-,71?,72?,95?,96?/m0/s1. The zero-order chi connectivity index (χ0) is 67.9. The van der Waals surface area contributed by atoms with Crippen LogP contribution in [-0.2, 0) is 166 Å². The lowest BCUT2D eigenvalue weighted by molar-refractivity contribution is -0.266. The van der Waals surface area contributed by atoms with Crippen LogP contribution in [-0.4, -0.2) is 182 Å². The van der Waals surface area contributed by atoms with Crippen LogP contribution in [0.3, 0.4) is 0 Å². The van der Waals surface area contributed by atoms with Crippen molar-refractivity contribution in [1.82, 2.24) is 0 Å². The normalized spacial score (nSPS) is 25.8. The number of ether oxygens (including phenoxy) is 14. The number of hydrogen-bond donors (Lipinski definition) is 0. The molecule has 4 heterocycles. The van der Waals surface area contributed by atoms with E-state index in [4.69, 9.17) is 74.7 Å². The highest BCUT2D eigenvalue weighted by atomic mass is 32.3. The number of benzene rings is 6. The van der Waals surface area contributed by atoms with Gasteiger partial charge in [0.15, 0.2) is 23.1 Å². The Labute approximate surface area is 572 Å². The third-order valence-corrected chi connectivity index (χ3v) is 23.5. The van der Waals surface area contributed by atoms with E-state index in [-0.39, 0.29) is 64.4 Å². The zero-order valence-corrected chi connectivity index (χ0v) is 57.0. The SMILES string of the molecule is COC(=O)C(C(=O)OC)C1OC[C@H](OS(=O)(=O)O[C@H]2COC(C(C(=O)OC)C(=O)OC)O[C@@H]2C[S+]2C[C@@H](OCc3ccccc3)[C@H](OCc3ccccc3)[C@H]2COCc2ccccc2)[C@@H](C[S+]2C[C@@H](OCc3ccccc3)[C@H](OCc3ccccc3)[C@H]2COCc2ccccc2)O1. The van der Waals surface area contributed by atoms with Crippen molar-refractivity contribution in [1.29, 1.82) is 0 Å². The van der Waals surface area contributed by atoms with Crippen LogP contribution < -0.4 is 0 Å². The van der Waals surface area contributed by atoms with Crippen LogP contribution in [0.1, 0.15) is 33.4 Å². The Balaban J connectivity index is 0.961. The summed E-state index contributed by atoms with van der Waals surface area (Å²) in [6.45, 7) is 0.746. The number of rotatable bonds is 34. The molecule has 4 unspecified atom stereocenters. The van der Waals surface area contributed by atoms with E-state index >= 15 is 8.42 Å². The van der Waals surface area contributed by atoms with Crippen molar-refractivity contribution in [3.63, 3.8) is 0 Å². The minimum Gasteiger partial charge on any atom is -0.468 e. The lowest BCUT2D eigenvalue weighted by atomic mass is 10.1. The predicted octanol–water partition coefficient (Wildman–Crippen LogP) is 7.19. The van der Waals surface area contributed by atoms with Crippen LogP contribution >= 0.6 is 0 Å². The van der Waals surface area contributed by atoms with Gasteiger partial charge in [-0.1, -0.05) is 182 Å². The summed E-state index contributed by atoms with van der Waals surface area (Å²) in [5.74, 6) is -6.74. The molecule has 14 atom stereocenters. The molecule has 0 radical (unpaired) electrons. The summed E-state index contributed by atoms with van der Waals surface area (Å²) >= 11 is 0. The average molecular weight is 1400 g/mol. The van der Waals surface area contributed by atoms with Gasteiger partial charge in [0.05, 0.1) is 94.5 Å². The Bertz CT molecular complexity index is 3220. The maximum atomic E-state index is 15.1. The summed E-state index contributed by atoms with van der Waals surface area (Å²) in [5.41, 5.74) is 5.59. The van der Waals surface area contributed by atoms with Crippen molar-refractivity contribution < 1.29 is 102 Å². The summed E-state index contributed by atoms with van der Waals surface area (Å²) < 4.78 is 128. The third kappa shape index (κ3) is 20.7. The molecule has 0 N–H and O–H groups in total. The largest absolute Gasteiger partial charge is 0.468 e. The maximum absolute atomic E-state index is 15.1. The van der Waals surface area contributed by atoms with Gasteiger partial charge in [-0.05, 0) is 33.4 Å². The number of carbonyl (C=O) groups is 4.